The van der Waals surface area contributed by atoms with Gasteiger partial charge in [0.1, 0.15) is 5.75 Å². The fraction of sp³-hybridized carbons (Fsp3) is 0.533. The minimum absolute atomic E-state index is 0.0624. The summed E-state index contributed by atoms with van der Waals surface area (Å²) in [5, 5.41) is 2.91. The van der Waals surface area contributed by atoms with Gasteiger partial charge in [-0.3, -0.25) is 4.79 Å². The maximum absolute atomic E-state index is 11.7. The summed E-state index contributed by atoms with van der Waals surface area (Å²) in [6.07, 6.45) is 7.71. The van der Waals surface area contributed by atoms with E-state index in [9.17, 15) is 4.79 Å². The summed E-state index contributed by atoms with van der Waals surface area (Å²) in [7, 11) is 0. The highest BCUT2D eigenvalue weighted by atomic mass is 32.2. The highest BCUT2D eigenvalue weighted by Gasteiger charge is 2.16. The van der Waals surface area contributed by atoms with Crippen molar-refractivity contribution in [3.63, 3.8) is 0 Å². The molecular formula is C15H21NO2S. The summed E-state index contributed by atoms with van der Waals surface area (Å²) in [5.74, 6) is 1.77. The second kappa shape index (κ2) is 7.43. The molecule has 19 heavy (non-hydrogen) atoms. The van der Waals surface area contributed by atoms with E-state index in [0.29, 0.717) is 12.5 Å². The Labute approximate surface area is 119 Å². The second-order valence-electron chi connectivity index (χ2n) is 4.84. The molecule has 1 aliphatic carbocycles. The summed E-state index contributed by atoms with van der Waals surface area (Å²) in [4.78, 5) is 11.7. The van der Waals surface area contributed by atoms with Crippen LogP contribution in [0.4, 0.5) is 5.69 Å². The van der Waals surface area contributed by atoms with Crippen LogP contribution in [0.15, 0.2) is 24.3 Å². The van der Waals surface area contributed by atoms with Gasteiger partial charge in [-0.25, -0.2) is 0 Å². The molecule has 0 spiro atoms. The third-order valence-corrected chi connectivity index (χ3v) is 3.87. The van der Waals surface area contributed by atoms with Crippen molar-refractivity contribution in [1.82, 2.24) is 0 Å². The molecule has 0 atom stereocenters. The number of ether oxygens (including phenoxy) is 1. The Bertz CT molecular complexity index is 416. The molecule has 0 bridgehead atoms. The van der Waals surface area contributed by atoms with Crippen LogP contribution in [0.1, 0.15) is 32.1 Å². The molecule has 0 aliphatic heterocycles. The van der Waals surface area contributed by atoms with Crippen LogP contribution in [0.3, 0.4) is 0 Å². The van der Waals surface area contributed by atoms with Crippen LogP contribution >= 0.6 is 11.8 Å². The van der Waals surface area contributed by atoms with E-state index in [-0.39, 0.29) is 5.91 Å². The summed E-state index contributed by atoms with van der Waals surface area (Å²) in [5.41, 5.74) is 0.821. The van der Waals surface area contributed by atoms with E-state index in [4.69, 9.17) is 4.74 Å². The van der Waals surface area contributed by atoms with Crippen molar-refractivity contribution < 1.29 is 9.53 Å². The molecule has 1 aromatic rings. The van der Waals surface area contributed by atoms with Crippen LogP contribution in [0.25, 0.3) is 0 Å². The van der Waals surface area contributed by atoms with Gasteiger partial charge in [-0.05, 0) is 44.1 Å². The topological polar surface area (TPSA) is 38.3 Å². The Balaban J connectivity index is 1.88. The first-order valence-electron chi connectivity index (χ1n) is 6.83. The molecule has 1 fully saturated rings. The van der Waals surface area contributed by atoms with Crippen LogP contribution in [0.5, 0.6) is 5.75 Å². The van der Waals surface area contributed by atoms with Gasteiger partial charge >= 0.3 is 0 Å². The van der Waals surface area contributed by atoms with E-state index < -0.39 is 0 Å². The van der Waals surface area contributed by atoms with Gasteiger partial charge in [0, 0.05) is 23.9 Å². The quantitative estimate of drug-likeness (QED) is 0.863. The van der Waals surface area contributed by atoms with Crippen LogP contribution in [0, 0.1) is 0 Å². The van der Waals surface area contributed by atoms with Crippen LogP contribution < -0.4 is 10.1 Å². The number of carbonyl (C=O) groups excluding carboxylic acids is 1. The minimum Gasteiger partial charge on any atom is -0.490 e. The first-order chi connectivity index (χ1) is 9.28. The van der Waals surface area contributed by atoms with Crippen LogP contribution in [0.2, 0.25) is 0 Å². The predicted molar refractivity (Wildman–Crippen MR) is 81.0 cm³/mol. The Hall–Kier alpha value is -1.16. The molecule has 1 saturated carbocycles. The first-order valence-corrected chi connectivity index (χ1v) is 8.23. The predicted octanol–water partition coefficient (Wildman–Crippen LogP) is 3.70. The molecule has 0 saturated heterocycles. The molecule has 1 aliphatic rings. The first kappa shape index (κ1) is 14.3. The van der Waals surface area contributed by atoms with E-state index in [2.05, 4.69) is 5.32 Å². The SMILES string of the molecule is CSCCC(=O)Nc1cccc(OC2CCCC2)c1. The molecule has 1 aromatic carbocycles. The van der Waals surface area contributed by atoms with E-state index in [1.165, 1.54) is 12.8 Å². The summed E-state index contributed by atoms with van der Waals surface area (Å²) in [6.45, 7) is 0. The number of amides is 1. The number of benzene rings is 1. The molecular weight excluding hydrogens is 258 g/mol. The van der Waals surface area contributed by atoms with Crippen molar-refractivity contribution in [2.75, 3.05) is 17.3 Å². The Kier molecular flexibility index (Phi) is 5.58. The number of nitrogens with one attached hydrogen (secondary N) is 1. The van der Waals surface area contributed by atoms with Crippen molar-refractivity contribution in [2.24, 2.45) is 0 Å². The number of hydrogen-bond acceptors (Lipinski definition) is 3. The molecule has 1 N–H and O–H groups in total. The third kappa shape index (κ3) is 4.78. The summed E-state index contributed by atoms with van der Waals surface area (Å²) < 4.78 is 5.92. The van der Waals surface area contributed by atoms with E-state index in [0.717, 1.165) is 30.0 Å². The molecule has 0 heterocycles. The highest BCUT2D eigenvalue weighted by molar-refractivity contribution is 7.98. The van der Waals surface area contributed by atoms with E-state index in [1.54, 1.807) is 11.8 Å². The fourth-order valence-electron chi connectivity index (χ4n) is 2.26. The van der Waals surface area contributed by atoms with Gasteiger partial charge in [-0.1, -0.05) is 6.07 Å². The highest BCUT2D eigenvalue weighted by Crippen LogP contribution is 2.25. The number of thioether (sulfide) groups is 1. The average molecular weight is 279 g/mol. The van der Waals surface area contributed by atoms with Gasteiger partial charge in [0.2, 0.25) is 5.91 Å². The van der Waals surface area contributed by atoms with Crippen LogP contribution in [-0.2, 0) is 4.79 Å². The van der Waals surface area contributed by atoms with Crippen molar-refractivity contribution in [1.29, 1.82) is 0 Å². The van der Waals surface area contributed by atoms with Gasteiger partial charge in [0.05, 0.1) is 6.10 Å². The summed E-state index contributed by atoms with van der Waals surface area (Å²) in [6, 6.07) is 7.69. The second-order valence-corrected chi connectivity index (χ2v) is 5.83. The number of hydrogen-bond donors (Lipinski definition) is 1. The minimum atomic E-state index is 0.0624. The van der Waals surface area contributed by atoms with E-state index >= 15 is 0 Å². The molecule has 0 aromatic heterocycles. The largest absolute Gasteiger partial charge is 0.490 e. The molecule has 0 radical (unpaired) electrons. The zero-order valence-corrected chi connectivity index (χ0v) is 12.2. The Morgan fingerprint density at radius 2 is 2.21 bits per heavy atom. The molecule has 104 valence electrons. The molecule has 4 heteroatoms. The molecule has 3 nitrogen and oxygen atoms in total. The van der Waals surface area contributed by atoms with Gasteiger partial charge in [-0.2, -0.15) is 11.8 Å². The van der Waals surface area contributed by atoms with Crippen molar-refractivity contribution >= 4 is 23.4 Å². The zero-order valence-electron chi connectivity index (χ0n) is 11.4. The van der Waals surface area contributed by atoms with E-state index in [1.807, 2.05) is 30.5 Å². The van der Waals surface area contributed by atoms with Gasteiger partial charge in [-0.15, -0.1) is 0 Å². The third-order valence-electron chi connectivity index (χ3n) is 3.26. The molecule has 2 rings (SSSR count). The van der Waals surface area contributed by atoms with Gasteiger partial charge < -0.3 is 10.1 Å². The van der Waals surface area contributed by atoms with Crippen LogP contribution in [-0.4, -0.2) is 24.0 Å². The number of rotatable bonds is 6. The number of carbonyl (C=O) groups is 1. The monoisotopic (exact) mass is 279 g/mol. The standard InChI is InChI=1S/C15H21NO2S/c1-19-10-9-15(17)16-12-5-4-8-14(11-12)18-13-6-2-3-7-13/h4-5,8,11,13H,2-3,6-7,9-10H2,1H3,(H,16,17). The zero-order chi connectivity index (χ0) is 13.5. The molecule has 0 unspecified atom stereocenters. The summed E-state index contributed by atoms with van der Waals surface area (Å²) >= 11 is 1.68. The lowest BCUT2D eigenvalue weighted by atomic mass is 10.2. The number of anilines is 1. The molecule has 1 amide bonds. The Morgan fingerprint density at radius 3 is 2.95 bits per heavy atom. The lowest BCUT2D eigenvalue weighted by Crippen LogP contribution is -2.13. The fourth-order valence-corrected chi connectivity index (χ4v) is 2.65. The maximum atomic E-state index is 11.7. The van der Waals surface area contributed by atoms with Crippen molar-refractivity contribution in [3.8, 4) is 5.75 Å². The van der Waals surface area contributed by atoms with Crippen molar-refractivity contribution in [2.45, 2.75) is 38.2 Å². The van der Waals surface area contributed by atoms with Gasteiger partial charge in [0.15, 0.2) is 0 Å². The normalized spacial score (nSPS) is 15.4. The average Bonchev–Trinajstić information content (AvgIpc) is 2.89. The lowest BCUT2D eigenvalue weighted by molar-refractivity contribution is -0.115. The smallest absolute Gasteiger partial charge is 0.225 e. The van der Waals surface area contributed by atoms with Gasteiger partial charge in [0.25, 0.3) is 0 Å². The van der Waals surface area contributed by atoms with Crippen molar-refractivity contribution in [3.05, 3.63) is 24.3 Å². The Morgan fingerprint density at radius 1 is 1.42 bits per heavy atom. The lowest BCUT2D eigenvalue weighted by Gasteiger charge is -2.14. The maximum Gasteiger partial charge on any atom is 0.225 e.